The van der Waals surface area contributed by atoms with E-state index in [9.17, 15) is 19.2 Å². The summed E-state index contributed by atoms with van der Waals surface area (Å²) in [5, 5.41) is 10.9. The van der Waals surface area contributed by atoms with Gasteiger partial charge in [-0.25, -0.2) is 0 Å². The molecule has 0 bridgehead atoms. The van der Waals surface area contributed by atoms with Crippen LogP contribution in [0.5, 0.6) is 0 Å². The molecule has 322 valence electrons. The molecule has 0 saturated heterocycles. The van der Waals surface area contributed by atoms with Gasteiger partial charge < -0.3 is 59.2 Å². The number of ether oxygens (including phenoxy) is 8. The molecule has 0 radical (unpaired) electrons. The molecule has 0 saturated carbocycles. The van der Waals surface area contributed by atoms with E-state index in [0.717, 1.165) is 25.7 Å². The van der Waals surface area contributed by atoms with Crippen LogP contribution in [0, 0.1) is 5.92 Å². The van der Waals surface area contributed by atoms with Gasteiger partial charge in [-0.2, -0.15) is 0 Å². The van der Waals surface area contributed by atoms with Gasteiger partial charge >= 0.3 is 0 Å². The van der Waals surface area contributed by atoms with Crippen molar-refractivity contribution in [3.63, 3.8) is 0 Å². The van der Waals surface area contributed by atoms with E-state index in [1.165, 1.54) is 5.56 Å². The predicted octanol–water partition coefficient (Wildman–Crippen LogP) is 2.66. The minimum absolute atomic E-state index is 0.0498. The third-order valence-corrected chi connectivity index (χ3v) is 7.87. The molecule has 4 amide bonds. The second-order valence-electron chi connectivity index (χ2n) is 13.1. The highest BCUT2D eigenvalue weighted by atomic mass is 16.6. The van der Waals surface area contributed by atoms with Gasteiger partial charge in [0.1, 0.15) is 6.04 Å². The van der Waals surface area contributed by atoms with E-state index < -0.39 is 11.9 Å². The largest absolute Gasteiger partial charge is 0.379 e. The molecular formula is C40H70N4O12. The number of hydrogen-bond acceptors (Lipinski definition) is 12. The summed E-state index contributed by atoms with van der Waals surface area (Å²) in [6.07, 6.45) is 4.70. The number of carbonyl (C=O) groups excluding carboxylic acids is 4. The summed E-state index contributed by atoms with van der Waals surface area (Å²) in [6, 6.07) is 6.90. The number of rotatable bonds is 38. The first-order valence-corrected chi connectivity index (χ1v) is 20.1. The predicted molar refractivity (Wildman–Crippen MR) is 213 cm³/mol. The fourth-order valence-electron chi connectivity index (χ4n) is 4.78. The van der Waals surface area contributed by atoms with Crippen LogP contribution in [0.2, 0.25) is 0 Å². The lowest BCUT2D eigenvalue weighted by Gasteiger charge is -2.21. The fraction of sp³-hybridized carbons (Fsp3) is 0.750. The summed E-state index contributed by atoms with van der Waals surface area (Å²) in [4.78, 5) is 48.9. The van der Waals surface area contributed by atoms with Crippen LogP contribution < -0.4 is 21.3 Å². The van der Waals surface area contributed by atoms with E-state index in [0.29, 0.717) is 118 Å². The molecular weight excluding hydrogens is 728 g/mol. The summed E-state index contributed by atoms with van der Waals surface area (Å²) in [6.45, 7) is 14.9. The number of amides is 4. The molecule has 0 aromatic heterocycles. The van der Waals surface area contributed by atoms with Crippen LogP contribution in [0.1, 0.15) is 65.4 Å². The molecule has 16 heteroatoms. The Balaban J connectivity index is 1.89. The van der Waals surface area contributed by atoms with Crippen molar-refractivity contribution in [1.29, 1.82) is 0 Å². The van der Waals surface area contributed by atoms with Crippen molar-refractivity contribution in [3.8, 4) is 0 Å². The van der Waals surface area contributed by atoms with Crippen LogP contribution in [0.3, 0.4) is 0 Å². The van der Waals surface area contributed by atoms with Crippen LogP contribution in [-0.4, -0.2) is 148 Å². The standard InChI is InChI=1S/C40H70N4O12/c1-5-7-9-34-10-12-35(13-11-34)43-38(47)32-42-40(48)39(33(3)4)44-37(46)14-16-49-18-20-51-22-24-53-26-28-55-30-31-56-29-27-54-25-23-52-21-19-50-17-15-41-36(45)8-6-2/h10-13,33,39H,5-9,14-32H2,1-4H3,(H,41,45)(H,42,48)(H,43,47)(H,44,46). The van der Waals surface area contributed by atoms with Gasteiger partial charge in [0, 0.05) is 25.1 Å². The molecule has 1 rings (SSSR count). The monoisotopic (exact) mass is 798 g/mol. The quantitative estimate of drug-likeness (QED) is 0.0718. The van der Waals surface area contributed by atoms with Crippen molar-refractivity contribution in [2.75, 3.05) is 124 Å². The van der Waals surface area contributed by atoms with Gasteiger partial charge in [0.05, 0.1) is 112 Å². The lowest BCUT2D eigenvalue weighted by molar-refractivity contribution is -0.131. The molecule has 0 aliphatic heterocycles. The summed E-state index contributed by atoms with van der Waals surface area (Å²) in [7, 11) is 0. The van der Waals surface area contributed by atoms with Gasteiger partial charge in [-0.15, -0.1) is 0 Å². The van der Waals surface area contributed by atoms with Crippen LogP contribution >= 0.6 is 0 Å². The van der Waals surface area contributed by atoms with Gasteiger partial charge in [0.2, 0.25) is 23.6 Å². The minimum atomic E-state index is -0.778. The van der Waals surface area contributed by atoms with Crippen LogP contribution in [0.15, 0.2) is 24.3 Å². The summed E-state index contributed by atoms with van der Waals surface area (Å²) >= 11 is 0. The average molecular weight is 799 g/mol. The van der Waals surface area contributed by atoms with E-state index in [1.807, 2.05) is 45.0 Å². The van der Waals surface area contributed by atoms with Gasteiger partial charge in [-0.05, 0) is 42.9 Å². The fourth-order valence-corrected chi connectivity index (χ4v) is 4.78. The number of hydrogen-bond donors (Lipinski definition) is 4. The Morgan fingerprint density at radius 2 is 1.00 bits per heavy atom. The molecule has 16 nitrogen and oxygen atoms in total. The second-order valence-corrected chi connectivity index (χ2v) is 13.1. The van der Waals surface area contributed by atoms with Crippen molar-refractivity contribution < 1.29 is 57.1 Å². The number of unbranched alkanes of at least 4 members (excludes halogenated alkanes) is 1. The Hall–Kier alpha value is -3.22. The average Bonchev–Trinajstić information content (AvgIpc) is 3.18. The lowest BCUT2D eigenvalue weighted by atomic mass is 10.0. The molecule has 0 heterocycles. The molecule has 1 atom stereocenters. The summed E-state index contributed by atoms with van der Waals surface area (Å²) in [5.41, 5.74) is 1.88. The van der Waals surface area contributed by atoms with E-state index in [2.05, 4.69) is 28.2 Å². The van der Waals surface area contributed by atoms with E-state index in [-0.39, 0.29) is 43.2 Å². The SMILES string of the molecule is CCCCc1ccc(NC(=O)CNC(=O)C(NC(=O)CCOCCOCCOCCOCCOCCOCCOCCOCCNC(=O)CCC)C(C)C)cc1. The lowest BCUT2D eigenvalue weighted by Crippen LogP contribution is -2.51. The molecule has 1 aromatic rings. The van der Waals surface area contributed by atoms with Gasteiger partial charge in [0.25, 0.3) is 0 Å². The summed E-state index contributed by atoms with van der Waals surface area (Å²) in [5.74, 6) is -1.21. The zero-order valence-corrected chi connectivity index (χ0v) is 34.3. The maximum atomic E-state index is 12.7. The van der Waals surface area contributed by atoms with E-state index in [1.54, 1.807) is 0 Å². The van der Waals surface area contributed by atoms with Crippen molar-refractivity contribution >= 4 is 29.3 Å². The highest BCUT2D eigenvalue weighted by Crippen LogP contribution is 2.12. The minimum Gasteiger partial charge on any atom is -0.379 e. The molecule has 0 aliphatic carbocycles. The molecule has 1 aromatic carbocycles. The Bertz CT molecular complexity index is 1140. The molecule has 0 aliphatic rings. The number of benzene rings is 1. The van der Waals surface area contributed by atoms with Crippen molar-refractivity contribution in [2.45, 2.75) is 72.3 Å². The highest BCUT2D eigenvalue weighted by Gasteiger charge is 2.24. The Morgan fingerprint density at radius 3 is 1.45 bits per heavy atom. The molecule has 0 fully saturated rings. The number of aryl methyl sites for hydroxylation is 1. The van der Waals surface area contributed by atoms with Crippen molar-refractivity contribution in [3.05, 3.63) is 29.8 Å². The first kappa shape index (κ1) is 50.8. The zero-order chi connectivity index (χ0) is 40.9. The Morgan fingerprint density at radius 1 is 0.536 bits per heavy atom. The zero-order valence-electron chi connectivity index (χ0n) is 34.3. The summed E-state index contributed by atoms with van der Waals surface area (Å²) < 4.78 is 43.7. The molecule has 0 spiro atoms. The first-order chi connectivity index (χ1) is 27.3. The molecule has 1 unspecified atom stereocenters. The van der Waals surface area contributed by atoms with Gasteiger partial charge in [-0.3, -0.25) is 19.2 Å². The number of carbonyl (C=O) groups is 4. The van der Waals surface area contributed by atoms with Gasteiger partial charge in [0.15, 0.2) is 0 Å². The topological polar surface area (TPSA) is 190 Å². The maximum absolute atomic E-state index is 12.7. The van der Waals surface area contributed by atoms with Crippen LogP contribution in [-0.2, 0) is 63.5 Å². The van der Waals surface area contributed by atoms with Crippen molar-refractivity contribution in [1.82, 2.24) is 16.0 Å². The second kappa shape index (κ2) is 36.1. The number of anilines is 1. The molecule has 4 N–H and O–H groups in total. The smallest absolute Gasteiger partial charge is 0.243 e. The Labute approximate surface area is 334 Å². The van der Waals surface area contributed by atoms with E-state index in [4.69, 9.17) is 37.9 Å². The first-order valence-electron chi connectivity index (χ1n) is 20.1. The third kappa shape index (κ3) is 30.0. The van der Waals surface area contributed by atoms with Gasteiger partial charge in [-0.1, -0.05) is 46.2 Å². The highest BCUT2D eigenvalue weighted by molar-refractivity contribution is 5.96. The third-order valence-electron chi connectivity index (χ3n) is 7.87. The number of nitrogens with one attached hydrogen (secondary N) is 4. The Kier molecular flexibility index (Phi) is 32.8. The van der Waals surface area contributed by atoms with Crippen LogP contribution in [0.4, 0.5) is 5.69 Å². The van der Waals surface area contributed by atoms with Crippen molar-refractivity contribution in [2.24, 2.45) is 5.92 Å². The normalized spacial score (nSPS) is 11.7. The van der Waals surface area contributed by atoms with Crippen LogP contribution in [0.25, 0.3) is 0 Å². The maximum Gasteiger partial charge on any atom is 0.243 e. The van der Waals surface area contributed by atoms with E-state index >= 15 is 0 Å². The molecule has 56 heavy (non-hydrogen) atoms.